The summed E-state index contributed by atoms with van der Waals surface area (Å²) in [5, 5.41) is 6.17. The molecule has 0 atom stereocenters. The largest absolute Gasteiger partial charge is 0.312 e. The highest BCUT2D eigenvalue weighted by molar-refractivity contribution is 7.10. The van der Waals surface area contributed by atoms with Gasteiger partial charge in [0.1, 0.15) is 0 Å². The van der Waals surface area contributed by atoms with Crippen LogP contribution < -0.4 is 5.32 Å². The number of thiophene rings is 1. The van der Waals surface area contributed by atoms with E-state index in [4.69, 9.17) is 0 Å². The minimum atomic E-state index is 0.609. The molecule has 102 valence electrons. The third kappa shape index (κ3) is 1.56. The van der Waals surface area contributed by atoms with Crippen molar-refractivity contribution in [1.29, 1.82) is 0 Å². The Kier molecular flexibility index (Phi) is 2.30. The fourth-order valence-electron chi connectivity index (χ4n) is 6.13. The van der Waals surface area contributed by atoms with Crippen molar-refractivity contribution in [3.63, 3.8) is 0 Å². The van der Waals surface area contributed by atoms with E-state index < -0.39 is 0 Å². The van der Waals surface area contributed by atoms with Gasteiger partial charge in [-0.3, -0.25) is 0 Å². The smallest absolute Gasteiger partial charge is 0.0219 e. The summed E-state index contributed by atoms with van der Waals surface area (Å²) < 4.78 is 0. The summed E-state index contributed by atoms with van der Waals surface area (Å²) in [6, 6.07) is 0. The van der Waals surface area contributed by atoms with Crippen molar-refractivity contribution < 1.29 is 0 Å². The Morgan fingerprint density at radius 3 is 2.42 bits per heavy atom. The van der Waals surface area contributed by atoms with Gasteiger partial charge >= 0.3 is 0 Å². The van der Waals surface area contributed by atoms with Crippen LogP contribution in [0.5, 0.6) is 0 Å². The lowest BCUT2D eigenvalue weighted by atomic mass is 9.48. The fraction of sp³-hybridized carbons (Fsp3) is 0.765. The van der Waals surface area contributed by atoms with Crippen LogP contribution in [0.2, 0.25) is 0 Å². The third-order valence-corrected chi connectivity index (χ3v) is 7.51. The second-order valence-corrected chi connectivity index (χ2v) is 8.64. The van der Waals surface area contributed by atoms with E-state index in [1.54, 1.807) is 35.3 Å². The normalized spacial score (nSPS) is 43.5. The van der Waals surface area contributed by atoms with Gasteiger partial charge in [-0.25, -0.2) is 0 Å². The lowest BCUT2D eigenvalue weighted by Crippen LogP contribution is -2.49. The minimum absolute atomic E-state index is 0.609. The maximum atomic E-state index is 3.61. The Labute approximate surface area is 119 Å². The first kappa shape index (κ1) is 11.3. The SMILES string of the molecule is c1sc2c(c1C13CC4CC(CC(C4)C1)C3)CNCC2. The van der Waals surface area contributed by atoms with Crippen LogP contribution in [0.25, 0.3) is 0 Å². The van der Waals surface area contributed by atoms with Gasteiger partial charge in [-0.1, -0.05) is 0 Å². The number of nitrogens with one attached hydrogen (secondary N) is 1. The Balaban J connectivity index is 1.60. The zero-order valence-corrected chi connectivity index (χ0v) is 12.4. The summed E-state index contributed by atoms with van der Waals surface area (Å²) in [5.74, 6) is 3.20. The number of hydrogen-bond acceptors (Lipinski definition) is 2. The van der Waals surface area contributed by atoms with Gasteiger partial charge in [0.05, 0.1) is 0 Å². The lowest BCUT2D eigenvalue weighted by Gasteiger charge is -2.57. The van der Waals surface area contributed by atoms with E-state index in [9.17, 15) is 0 Å². The monoisotopic (exact) mass is 273 g/mol. The van der Waals surface area contributed by atoms with E-state index in [-0.39, 0.29) is 0 Å². The van der Waals surface area contributed by atoms with Crippen molar-refractivity contribution in [1.82, 2.24) is 5.32 Å². The van der Waals surface area contributed by atoms with Crippen LogP contribution in [0.4, 0.5) is 0 Å². The number of hydrogen-bond donors (Lipinski definition) is 1. The Morgan fingerprint density at radius 1 is 1.05 bits per heavy atom. The standard InChI is InChI=1S/C17H23NS/c1-2-18-9-14-15(10-19-16(1)14)17-6-11-3-12(7-17)5-13(4-11)8-17/h10-13,18H,1-9H2. The van der Waals surface area contributed by atoms with Gasteiger partial charge in [0.25, 0.3) is 0 Å². The maximum Gasteiger partial charge on any atom is 0.0219 e. The minimum Gasteiger partial charge on any atom is -0.312 e. The van der Waals surface area contributed by atoms with Gasteiger partial charge in [0, 0.05) is 18.0 Å². The molecular formula is C17H23NS. The molecule has 0 radical (unpaired) electrons. The second kappa shape index (κ2) is 3.85. The summed E-state index contributed by atoms with van der Waals surface area (Å²) in [7, 11) is 0. The van der Waals surface area contributed by atoms with Crippen molar-refractivity contribution in [2.45, 2.75) is 56.9 Å². The summed E-state index contributed by atoms with van der Waals surface area (Å²) in [6.07, 6.45) is 10.5. The molecular weight excluding hydrogens is 250 g/mol. The fourth-order valence-corrected chi connectivity index (χ4v) is 7.32. The molecule has 1 aromatic heterocycles. The van der Waals surface area contributed by atoms with Crippen molar-refractivity contribution in [2.24, 2.45) is 17.8 Å². The maximum absolute atomic E-state index is 3.61. The van der Waals surface area contributed by atoms with Gasteiger partial charge in [0.2, 0.25) is 0 Å². The van der Waals surface area contributed by atoms with Crippen molar-refractivity contribution in [3.8, 4) is 0 Å². The van der Waals surface area contributed by atoms with Gasteiger partial charge in [-0.15, -0.1) is 11.3 Å². The van der Waals surface area contributed by atoms with Gasteiger partial charge in [-0.05, 0) is 84.6 Å². The quantitative estimate of drug-likeness (QED) is 0.819. The van der Waals surface area contributed by atoms with E-state index in [1.807, 2.05) is 0 Å². The van der Waals surface area contributed by atoms with Crippen LogP contribution in [-0.4, -0.2) is 6.54 Å². The lowest BCUT2D eigenvalue weighted by molar-refractivity contribution is -0.00546. The molecule has 2 heterocycles. The van der Waals surface area contributed by atoms with Crippen LogP contribution >= 0.6 is 11.3 Å². The molecule has 0 spiro atoms. The molecule has 6 rings (SSSR count). The zero-order chi connectivity index (χ0) is 12.4. The molecule has 0 aromatic carbocycles. The molecule has 1 aliphatic heterocycles. The molecule has 0 amide bonds. The third-order valence-electron chi connectivity index (χ3n) is 6.42. The van der Waals surface area contributed by atoms with Crippen LogP contribution in [0.3, 0.4) is 0 Å². The van der Waals surface area contributed by atoms with Gasteiger partial charge in [0.15, 0.2) is 0 Å². The summed E-state index contributed by atoms with van der Waals surface area (Å²) in [4.78, 5) is 1.70. The summed E-state index contributed by atoms with van der Waals surface area (Å²) in [5.41, 5.74) is 4.12. The van der Waals surface area contributed by atoms with Crippen LogP contribution in [0.1, 0.15) is 54.5 Å². The van der Waals surface area contributed by atoms with Gasteiger partial charge < -0.3 is 5.32 Å². The Hall–Kier alpha value is -0.340. The molecule has 4 aliphatic carbocycles. The molecule has 1 N–H and O–H groups in total. The molecule has 4 saturated carbocycles. The van der Waals surface area contributed by atoms with Crippen molar-refractivity contribution in [2.75, 3.05) is 6.54 Å². The molecule has 5 aliphatic rings. The molecule has 1 aromatic rings. The van der Waals surface area contributed by atoms with E-state index in [1.165, 1.54) is 32.2 Å². The molecule has 1 nitrogen and oxygen atoms in total. The van der Waals surface area contributed by atoms with Crippen LogP contribution in [-0.2, 0) is 18.4 Å². The first-order chi connectivity index (χ1) is 9.32. The average Bonchev–Trinajstić information content (AvgIpc) is 2.81. The van der Waals surface area contributed by atoms with Gasteiger partial charge in [-0.2, -0.15) is 0 Å². The van der Waals surface area contributed by atoms with Crippen LogP contribution in [0, 0.1) is 17.8 Å². The number of rotatable bonds is 1. The highest BCUT2D eigenvalue weighted by atomic mass is 32.1. The van der Waals surface area contributed by atoms with Crippen molar-refractivity contribution >= 4 is 11.3 Å². The Bertz CT molecular complexity index is 480. The molecule has 4 bridgehead atoms. The zero-order valence-electron chi connectivity index (χ0n) is 11.6. The summed E-state index contributed by atoms with van der Waals surface area (Å²) in [6.45, 7) is 2.34. The number of fused-ring (bicyclic) bond motifs is 1. The van der Waals surface area contributed by atoms with E-state index in [2.05, 4.69) is 22.0 Å². The topological polar surface area (TPSA) is 12.0 Å². The van der Waals surface area contributed by atoms with Crippen LogP contribution in [0.15, 0.2) is 5.38 Å². The predicted octanol–water partition coefficient (Wildman–Crippen LogP) is 3.86. The Morgan fingerprint density at radius 2 is 1.74 bits per heavy atom. The van der Waals surface area contributed by atoms with E-state index >= 15 is 0 Å². The highest BCUT2D eigenvalue weighted by Gasteiger charge is 2.52. The first-order valence-electron chi connectivity index (χ1n) is 8.13. The van der Waals surface area contributed by atoms with Crippen molar-refractivity contribution in [3.05, 3.63) is 21.4 Å². The predicted molar refractivity (Wildman–Crippen MR) is 79.6 cm³/mol. The first-order valence-corrected chi connectivity index (χ1v) is 9.01. The summed E-state index contributed by atoms with van der Waals surface area (Å²) >= 11 is 2.06. The highest BCUT2D eigenvalue weighted by Crippen LogP contribution is 2.61. The molecule has 19 heavy (non-hydrogen) atoms. The molecule has 0 unspecified atom stereocenters. The molecule has 2 heteroatoms. The molecule has 0 saturated heterocycles. The van der Waals surface area contributed by atoms with E-state index in [0.29, 0.717) is 5.41 Å². The molecule has 4 fully saturated rings. The van der Waals surface area contributed by atoms with E-state index in [0.717, 1.165) is 24.3 Å². The average molecular weight is 273 g/mol. The second-order valence-electron chi connectivity index (χ2n) is 7.68.